The van der Waals surface area contributed by atoms with Crippen LogP contribution in [0.15, 0.2) is 48.5 Å². The van der Waals surface area contributed by atoms with Crippen molar-refractivity contribution in [3.8, 4) is 0 Å². The largest absolute Gasteiger partial charge is 0.378 e. The Bertz CT molecular complexity index is 556. The average molecular weight is 325 g/mol. The highest BCUT2D eigenvalue weighted by molar-refractivity contribution is 5.50. The molecule has 2 nitrogen and oxygen atoms in total. The molecule has 0 saturated heterocycles. The highest BCUT2D eigenvalue weighted by atomic mass is 15.1. The van der Waals surface area contributed by atoms with Crippen molar-refractivity contribution in [1.82, 2.24) is 0 Å². The number of benzene rings is 2. The van der Waals surface area contributed by atoms with Gasteiger partial charge in [0.25, 0.3) is 0 Å². The van der Waals surface area contributed by atoms with Gasteiger partial charge in [0.15, 0.2) is 0 Å². The molecule has 0 fully saturated rings. The second-order valence-corrected chi connectivity index (χ2v) is 7.03. The van der Waals surface area contributed by atoms with E-state index in [0.717, 1.165) is 0 Å². The molecular formula is C22H32N2. The van der Waals surface area contributed by atoms with E-state index in [2.05, 4.69) is 100 Å². The van der Waals surface area contributed by atoms with Crippen LogP contribution in [-0.2, 0) is 0 Å². The molecule has 2 rings (SSSR count). The topological polar surface area (TPSA) is 6.48 Å². The van der Waals surface area contributed by atoms with Crippen molar-refractivity contribution in [2.75, 3.05) is 38.0 Å². The molecule has 0 saturated carbocycles. The van der Waals surface area contributed by atoms with Gasteiger partial charge in [0.2, 0.25) is 0 Å². The summed E-state index contributed by atoms with van der Waals surface area (Å²) in [4.78, 5) is 4.31. The van der Waals surface area contributed by atoms with Gasteiger partial charge in [-0.1, -0.05) is 51.0 Å². The van der Waals surface area contributed by atoms with Gasteiger partial charge in [-0.2, -0.15) is 0 Å². The summed E-state index contributed by atoms with van der Waals surface area (Å²) in [7, 11) is 8.36. The first-order valence-corrected chi connectivity index (χ1v) is 9.02. The van der Waals surface area contributed by atoms with Crippen molar-refractivity contribution in [3.63, 3.8) is 0 Å². The summed E-state index contributed by atoms with van der Waals surface area (Å²) >= 11 is 0. The van der Waals surface area contributed by atoms with Gasteiger partial charge in [0, 0.05) is 45.5 Å². The second kappa shape index (κ2) is 8.23. The number of hydrogen-bond donors (Lipinski definition) is 0. The smallest absolute Gasteiger partial charge is 0.0361 e. The van der Waals surface area contributed by atoms with E-state index in [1.165, 1.54) is 35.3 Å². The third-order valence-electron chi connectivity index (χ3n) is 5.06. The van der Waals surface area contributed by atoms with Crippen molar-refractivity contribution < 1.29 is 0 Å². The lowest BCUT2D eigenvalue weighted by Gasteiger charge is -2.27. The highest BCUT2D eigenvalue weighted by Gasteiger charge is 2.22. The minimum Gasteiger partial charge on any atom is -0.378 e. The highest BCUT2D eigenvalue weighted by Crippen LogP contribution is 2.37. The molecule has 2 aromatic rings. The summed E-state index contributed by atoms with van der Waals surface area (Å²) in [6.07, 6.45) is 2.40. The third kappa shape index (κ3) is 4.11. The molecule has 0 amide bonds. The van der Waals surface area contributed by atoms with E-state index in [4.69, 9.17) is 0 Å². The number of anilines is 2. The van der Waals surface area contributed by atoms with Crippen LogP contribution in [0.5, 0.6) is 0 Å². The predicted molar refractivity (Wildman–Crippen MR) is 107 cm³/mol. The van der Waals surface area contributed by atoms with E-state index in [9.17, 15) is 0 Å². The average Bonchev–Trinajstić information content (AvgIpc) is 2.59. The standard InChI is InChI=1S/C22H32N2/c1-7-17(8-2)22(18-9-13-20(14-10-18)23(3)4)19-11-15-21(16-12-19)24(5)6/h9-17,22H,7-8H2,1-6H3. The lowest BCUT2D eigenvalue weighted by Crippen LogP contribution is -2.15. The Morgan fingerprint density at radius 1 is 0.625 bits per heavy atom. The van der Waals surface area contributed by atoms with Crippen LogP contribution in [0.2, 0.25) is 0 Å². The molecule has 130 valence electrons. The van der Waals surface area contributed by atoms with Gasteiger partial charge in [-0.3, -0.25) is 0 Å². The fraction of sp³-hybridized carbons (Fsp3) is 0.455. The molecule has 0 aromatic heterocycles. The monoisotopic (exact) mass is 324 g/mol. The maximum atomic E-state index is 2.31. The van der Waals surface area contributed by atoms with E-state index in [0.29, 0.717) is 11.8 Å². The second-order valence-electron chi connectivity index (χ2n) is 7.03. The lowest BCUT2D eigenvalue weighted by atomic mass is 9.78. The first-order valence-electron chi connectivity index (χ1n) is 9.02. The minimum absolute atomic E-state index is 0.465. The first kappa shape index (κ1) is 18.4. The molecule has 2 heteroatoms. The lowest BCUT2D eigenvalue weighted by molar-refractivity contribution is 0.438. The molecule has 24 heavy (non-hydrogen) atoms. The number of nitrogens with zero attached hydrogens (tertiary/aromatic N) is 2. The van der Waals surface area contributed by atoms with Gasteiger partial charge in [-0.15, -0.1) is 0 Å². The van der Waals surface area contributed by atoms with E-state index >= 15 is 0 Å². The van der Waals surface area contributed by atoms with Gasteiger partial charge < -0.3 is 9.80 Å². The molecule has 0 spiro atoms. The molecule has 0 aliphatic rings. The molecule has 0 aliphatic heterocycles. The summed E-state index contributed by atoms with van der Waals surface area (Å²) in [5, 5.41) is 0. The van der Waals surface area contributed by atoms with Crippen molar-refractivity contribution >= 4 is 11.4 Å². The first-order chi connectivity index (χ1) is 11.5. The van der Waals surface area contributed by atoms with E-state index in [-0.39, 0.29) is 0 Å². The van der Waals surface area contributed by atoms with Crippen molar-refractivity contribution in [2.24, 2.45) is 5.92 Å². The fourth-order valence-electron chi connectivity index (χ4n) is 3.46. The molecule has 2 aromatic carbocycles. The quantitative estimate of drug-likeness (QED) is 0.674. The van der Waals surface area contributed by atoms with Crippen LogP contribution in [0.25, 0.3) is 0 Å². The molecule has 0 heterocycles. The Balaban J connectivity index is 2.40. The Morgan fingerprint density at radius 2 is 0.958 bits per heavy atom. The van der Waals surface area contributed by atoms with Gasteiger partial charge >= 0.3 is 0 Å². The molecule has 0 bridgehead atoms. The minimum atomic E-state index is 0.465. The Morgan fingerprint density at radius 3 is 1.21 bits per heavy atom. The van der Waals surface area contributed by atoms with Crippen LogP contribution in [-0.4, -0.2) is 28.2 Å². The SMILES string of the molecule is CCC(CC)C(c1ccc(N(C)C)cc1)c1ccc(N(C)C)cc1. The van der Waals surface area contributed by atoms with Crippen LogP contribution < -0.4 is 9.80 Å². The third-order valence-corrected chi connectivity index (χ3v) is 5.06. The van der Waals surface area contributed by atoms with Crippen LogP contribution in [0.4, 0.5) is 11.4 Å². The van der Waals surface area contributed by atoms with Crippen LogP contribution in [0, 0.1) is 5.92 Å². The van der Waals surface area contributed by atoms with E-state index in [1.54, 1.807) is 0 Å². The Hall–Kier alpha value is -1.96. The zero-order chi connectivity index (χ0) is 17.7. The Kier molecular flexibility index (Phi) is 6.30. The van der Waals surface area contributed by atoms with E-state index < -0.39 is 0 Å². The van der Waals surface area contributed by atoms with Crippen LogP contribution in [0.1, 0.15) is 43.7 Å². The normalized spacial score (nSPS) is 11.2. The summed E-state index contributed by atoms with van der Waals surface area (Å²) in [6.45, 7) is 4.62. The van der Waals surface area contributed by atoms with Crippen LogP contribution >= 0.6 is 0 Å². The maximum Gasteiger partial charge on any atom is 0.0361 e. The van der Waals surface area contributed by atoms with Crippen molar-refractivity contribution in [2.45, 2.75) is 32.6 Å². The van der Waals surface area contributed by atoms with Gasteiger partial charge in [0.1, 0.15) is 0 Å². The summed E-state index contributed by atoms with van der Waals surface area (Å²) < 4.78 is 0. The molecule has 0 aliphatic carbocycles. The molecule has 0 radical (unpaired) electrons. The van der Waals surface area contributed by atoms with Gasteiger partial charge in [0.05, 0.1) is 0 Å². The molecular weight excluding hydrogens is 292 g/mol. The van der Waals surface area contributed by atoms with Crippen molar-refractivity contribution in [3.05, 3.63) is 59.7 Å². The summed E-state index contributed by atoms with van der Waals surface area (Å²) in [6, 6.07) is 18.2. The molecule has 0 N–H and O–H groups in total. The van der Waals surface area contributed by atoms with Crippen molar-refractivity contribution in [1.29, 1.82) is 0 Å². The summed E-state index contributed by atoms with van der Waals surface area (Å²) in [5.74, 6) is 1.13. The molecule has 0 atom stereocenters. The van der Waals surface area contributed by atoms with E-state index in [1.807, 2.05) is 0 Å². The fourth-order valence-corrected chi connectivity index (χ4v) is 3.46. The maximum absolute atomic E-state index is 2.31. The van der Waals surface area contributed by atoms with Gasteiger partial charge in [-0.25, -0.2) is 0 Å². The van der Waals surface area contributed by atoms with Gasteiger partial charge in [-0.05, 0) is 41.3 Å². The predicted octanol–water partition coefficient (Wildman–Crippen LogP) is 5.39. The molecule has 0 unspecified atom stereocenters. The summed E-state index contributed by atoms with van der Waals surface area (Å²) in [5.41, 5.74) is 5.36. The van der Waals surface area contributed by atoms with Crippen LogP contribution in [0.3, 0.4) is 0 Å². The zero-order valence-electron chi connectivity index (χ0n) is 16.1. The number of rotatable bonds is 7. The Labute approximate surface area is 148 Å². The number of hydrogen-bond acceptors (Lipinski definition) is 2. The zero-order valence-corrected chi connectivity index (χ0v) is 16.1.